The Bertz CT molecular complexity index is 468. The van der Waals surface area contributed by atoms with Crippen LogP contribution in [-0.2, 0) is 9.53 Å². The largest absolute Gasteiger partial charge is 0.469 e. The quantitative estimate of drug-likeness (QED) is 0.834. The second kappa shape index (κ2) is 7.78. The lowest BCUT2D eigenvalue weighted by molar-refractivity contribution is -0.141. The fourth-order valence-corrected chi connectivity index (χ4v) is 2.51. The van der Waals surface area contributed by atoms with Gasteiger partial charge in [0.25, 0.3) is 5.91 Å². The summed E-state index contributed by atoms with van der Waals surface area (Å²) in [6, 6.07) is 9.49. The molecule has 5 nitrogen and oxygen atoms in total. The van der Waals surface area contributed by atoms with E-state index in [2.05, 4.69) is 15.0 Å². The van der Waals surface area contributed by atoms with E-state index in [4.69, 9.17) is 0 Å². The zero-order valence-electron chi connectivity index (χ0n) is 12.4. The molecule has 21 heavy (non-hydrogen) atoms. The van der Waals surface area contributed by atoms with Gasteiger partial charge in [0.05, 0.1) is 13.5 Å². The summed E-state index contributed by atoms with van der Waals surface area (Å²) in [7, 11) is 1.41. The fourth-order valence-electron chi connectivity index (χ4n) is 2.51. The lowest BCUT2D eigenvalue weighted by atomic mass is 10.0. The molecule has 1 aromatic carbocycles. The SMILES string of the molecule is COC(=O)CCN1CCC(NC(=O)c2ccccc2)CC1. The van der Waals surface area contributed by atoms with Crippen molar-refractivity contribution in [3.63, 3.8) is 0 Å². The Hall–Kier alpha value is -1.88. The van der Waals surface area contributed by atoms with Crippen LogP contribution >= 0.6 is 0 Å². The van der Waals surface area contributed by atoms with E-state index in [1.807, 2.05) is 30.3 Å². The summed E-state index contributed by atoms with van der Waals surface area (Å²) in [5.74, 6) is -0.182. The van der Waals surface area contributed by atoms with Crippen LogP contribution in [0.15, 0.2) is 30.3 Å². The molecular formula is C16H22N2O3. The lowest BCUT2D eigenvalue weighted by Crippen LogP contribution is -2.45. The Morgan fingerprint density at radius 3 is 2.52 bits per heavy atom. The van der Waals surface area contributed by atoms with Crippen LogP contribution < -0.4 is 5.32 Å². The fraction of sp³-hybridized carbons (Fsp3) is 0.500. The van der Waals surface area contributed by atoms with Crippen molar-refractivity contribution in [2.45, 2.75) is 25.3 Å². The maximum Gasteiger partial charge on any atom is 0.306 e. The first-order valence-corrected chi connectivity index (χ1v) is 7.34. The summed E-state index contributed by atoms with van der Waals surface area (Å²) >= 11 is 0. The molecule has 0 aromatic heterocycles. The van der Waals surface area contributed by atoms with E-state index < -0.39 is 0 Å². The highest BCUT2D eigenvalue weighted by Gasteiger charge is 2.21. The van der Waals surface area contributed by atoms with Crippen LogP contribution in [0.4, 0.5) is 0 Å². The molecule has 5 heteroatoms. The van der Waals surface area contributed by atoms with Crippen molar-refractivity contribution in [2.75, 3.05) is 26.7 Å². The lowest BCUT2D eigenvalue weighted by Gasteiger charge is -2.32. The number of nitrogens with one attached hydrogen (secondary N) is 1. The molecule has 114 valence electrons. The first kappa shape index (κ1) is 15.5. The van der Waals surface area contributed by atoms with Crippen LogP contribution in [0.25, 0.3) is 0 Å². The van der Waals surface area contributed by atoms with Crippen molar-refractivity contribution < 1.29 is 14.3 Å². The van der Waals surface area contributed by atoms with Gasteiger partial charge in [-0.05, 0) is 25.0 Å². The number of likely N-dealkylation sites (tertiary alicyclic amines) is 1. The Morgan fingerprint density at radius 2 is 1.90 bits per heavy atom. The van der Waals surface area contributed by atoms with Crippen LogP contribution in [0.1, 0.15) is 29.6 Å². The molecule has 0 saturated carbocycles. The third-order valence-electron chi connectivity index (χ3n) is 3.82. The van der Waals surface area contributed by atoms with Crippen molar-refractivity contribution in [3.8, 4) is 0 Å². The standard InChI is InChI=1S/C16H22N2O3/c1-21-15(19)9-12-18-10-7-14(8-11-18)17-16(20)13-5-3-2-4-6-13/h2-6,14H,7-12H2,1H3,(H,17,20). The maximum atomic E-state index is 12.1. The third-order valence-corrected chi connectivity index (χ3v) is 3.82. The molecule has 0 radical (unpaired) electrons. The Balaban J connectivity index is 1.72. The molecule has 0 aliphatic carbocycles. The molecule has 0 spiro atoms. The number of hydrogen-bond donors (Lipinski definition) is 1. The van der Waals surface area contributed by atoms with Crippen molar-refractivity contribution in [3.05, 3.63) is 35.9 Å². The molecule has 1 amide bonds. The van der Waals surface area contributed by atoms with Gasteiger partial charge in [0.2, 0.25) is 0 Å². The van der Waals surface area contributed by atoms with Gasteiger partial charge in [0.1, 0.15) is 0 Å². The molecule has 1 saturated heterocycles. The smallest absolute Gasteiger partial charge is 0.306 e. The number of amides is 1. The van der Waals surface area contributed by atoms with Crippen molar-refractivity contribution >= 4 is 11.9 Å². The van der Waals surface area contributed by atoms with Gasteiger partial charge in [-0.15, -0.1) is 0 Å². The molecule has 2 rings (SSSR count). The molecule has 1 aliphatic heterocycles. The molecule has 0 unspecified atom stereocenters. The van der Waals surface area contributed by atoms with Crippen LogP contribution in [0.3, 0.4) is 0 Å². The molecular weight excluding hydrogens is 268 g/mol. The number of methoxy groups -OCH3 is 1. The van der Waals surface area contributed by atoms with Crippen LogP contribution in [0, 0.1) is 0 Å². The minimum atomic E-state index is -0.172. The normalized spacial score (nSPS) is 16.4. The molecule has 1 N–H and O–H groups in total. The van der Waals surface area contributed by atoms with E-state index in [1.54, 1.807) is 0 Å². The molecule has 1 fully saturated rings. The van der Waals surface area contributed by atoms with Gasteiger partial charge in [-0.3, -0.25) is 9.59 Å². The number of piperidine rings is 1. The maximum absolute atomic E-state index is 12.1. The van der Waals surface area contributed by atoms with E-state index >= 15 is 0 Å². The van der Waals surface area contributed by atoms with Gasteiger partial charge in [0.15, 0.2) is 0 Å². The summed E-state index contributed by atoms with van der Waals surface area (Å²) in [4.78, 5) is 25.4. The van der Waals surface area contributed by atoms with Gasteiger partial charge in [0, 0.05) is 31.2 Å². The summed E-state index contributed by atoms with van der Waals surface area (Å²) in [6.45, 7) is 2.53. The number of benzene rings is 1. The summed E-state index contributed by atoms with van der Waals surface area (Å²) in [6.07, 6.45) is 2.26. The first-order valence-electron chi connectivity index (χ1n) is 7.34. The van der Waals surface area contributed by atoms with Gasteiger partial charge >= 0.3 is 5.97 Å². The van der Waals surface area contributed by atoms with E-state index in [0.29, 0.717) is 12.0 Å². The zero-order valence-corrected chi connectivity index (χ0v) is 12.4. The number of carbonyl (C=O) groups excluding carboxylic acids is 2. The minimum Gasteiger partial charge on any atom is -0.469 e. The molecule has 0 atom stereocenters. The van der Waals surface area contributed by atoms with E-state index in [9.17, 15) is 9.59 Å². The number of ether oxygens (including phenoxy) is 1. The van der Waals surface area contributed by atoms with Crippen molar-refractivity contribution in [2.24, 2.45) is 0 Å². The molecule has 1 aromatic rings. The Morgan fingerprint density at radius 1 is 1.24 bits per heavy atom. The zero-order chi connectivity index (χ0) is 15.1. The van der Waals surface area contributed by atoms with Gasteiger partial charge in [-0.2, -0.15) is 0 Å². The predicted molar refractivity (Wildman–Crippen MR) is 80.0 cm³/mol. The number of nitrogens with zero attached hydrogens (tertiary/aromatic N) is 1. The number of hydrogen-bond acceptors (Lipinski definition) is 4. The van der Waals surface area contributed by atoms with Gasteiger partial charge in [-0.25, -0.2) is 0 Å². The predicted octanol–water partition coefficient (Wildman–Crippen LogP) is 1.44. The highest BCUT2D eigenvalue weighted by molar-refractivity contribution is 5.94. The van der Waals surface area contributed by atoms with Crippen LogP contribution in [0.5, 0.6) is 0 Å². The number of esters is 1. The Kier molecular flexibility index (Phi) is 5.75. The van der Waals surface area contributed by atoms with Crippen LogP contribution in [0.2, 0.25) is 0 Å². The third kappa shape index (κ3) is 4.86. The van der Waals surface area contributed by atoms with Crippen molar-refractivity contribution in [1.82, 2.24) is 10.2 Å². The van der Waals surface area contributed by atoms with Gasteiger partial charge < -0.3 is 15.0 Å². The van der Waals surface area contributed by atoms with E-state index in [-0.39, 0.29) is 17.9 Å². The number of rotatable bonds is 5. The molecule has 0 bridgehead atoms. The average molecular weight is 290 g/mol. The first-order chi connectivity index (χ1) is 10.2. The highest BCUT2D eigenvalue weighted by atomic mass is 16.5. The minimum absolute atomic E-state index is 0.0105. The van der Waals surface area contributed by atoms with E-state index in [0.717, 1.165) is 32.5 Å². The topological polar surface area (TPSA) is 58.6 Å². The second-order valence-electron chi connectivity index (χ2n) is 5.28. The monoisotopic (exact) mass is 290 g/mol. The van der Waals surface area contributed by atoms with Gasteiger partial charge in [-0.1, -0.05) is 18.2 Å². The molecule has 1 aliphatic rings. The average Bonchev–Trinajstić information content (AvgIpc) is 2.54. The second-order valence-corrected chi connectivity index (χ2v) is 5.28. The summed E-state index contributed by atoms with van der Waals surface area (Å²) < 4.78 is 4.64. The van der Waals surface area contributed by atoms with Crippen LogP contribution in [-0.4, -0.2) is 49.6 Å². The van der Waals surface area contributed by atoms with Crippen molar-refractivity contribution in [1.29, 1.82) is 0 Å². The highest BCUT2D eigenvalue weighted by Crippen LogP contribution is 2.11. The Labute approximate surface area is 125 Å². The number of carbonyl (C=O) groups is 2. The summed E-state index contributed by atoms with van der Waals surface area (Å²) in [5.41, 5.74) is 0.700. The summed E-state index contributed by atoms with van der Waals surface area (Å²) in [5, 5.41) is 3.07. The van der Waals surface area contributed by atoms with E-state index in [1.165, 1.54) is 7.11 Å². The molecule has 1 heterocycles.